The van der Waals surface area contributed by atoms with E-state index in [1.165, 1.54) is 12.8 Å². The van der Waals surface area contributed by atoms with E-state index in [9.17, 15) is 0 Å². The van der Waals surface area contributed by atoms with Crippen LogP contribution in [0.25, 0.3) is 0 Å². The minimum absolute atomic E-state index is 0.898. The first-order chi connectivity index (χ1) is 2.93. The standard InChI is InChI=1S/C4H8B2/c1-2-3-4-5-6-4/h4H,2-3H2,1H3. The van der Waals surface area contributed by atoms with E-state index in [1.54, 1.807) is 0 Å². The molecule has 0 nitrogen and oxygen atoms in total. The molecule has 0 saturated carbocycles. The Bertz CT molecular complexity index is 61.9. The molecule has 0 unspecified atom stereocenters. The summed E-state index contributed by atoms with van der Waals surface area (Å²) in [6, 6.07) is 0. The Morgan fingerprint density at radius 1 is 1.50 bits per heavy atom. The van der Waals surface area contributed by atoms with Gasteiger partial charge in [0, 0.05) is 0 Å². The summed E-state index contributed by atoms with van der Waals surface area (Å²) in [6.45, 7) is 6.73. The van der Waals surface area contributed by atoms with Crippen LogP contribution in [0, 0.1) is 0 Å². The van der Waals surface area contributed by atoms with Crippen molar-refractivity contribution in [1.29, 1.82) is 0 Å². The van der Waals surface area contributed by atoms with Crippen molar-refractivity contribution in [2.45, 2.75) is 25.5 Å². The van der Waals surface area contributed by atoms with Gasteiger partial charge in [-0.3, -0.25) is 0 Å². The summed E-state index contributed by atoms with van der Waals surface area (Å²) in [4.78, 5) is 0. The van der Waals surface area contributed by atoms with Crippen LogP contribution in [-0.2, 0) is 0 Å². The van der Waals surface area contributed by atoms with Crippen molar-refractivity contribution in [3.05, 3.63) is 0 Å². The van der Waals surface area contributed by atoms with Crippen molar-refractivity contribution in [2.24, 2.45) is 0 Å². The average Bonchev–Trinajstić information content (AvgIpc) is 2.21. The zero-order valence-corrected chi connectivity index (χ0v) is 4.15. The third kappa shape index (κ3) is 1.08. The van der Waals surface area contributed by atoms with Gasteiger partial charge >= 0.3 is 39.1 Å². The quantitative estimate of drug-likeness (QED) is 0.429. The summed E-state index contributed by atoms with van der Waals surface area (Å²) in [6.07, 6.45) is 2.71. The molecule has 0 spiro atoms. The van der Waals surface area contributed by atoms with Crippen molar-refractivity contribution in [2.75, 3.05) is 0 Å². The molecule has 0 atom stereocenters. The van der Waals surface area contributed by atoms with Crippen LogP contribution in [0.3, 0.4) is 0 Å². The van der Waals surface area contributed by atoms with Gasteiger partial charge in [0.15, 0.2) is 0 Å². The summed E-state index contributed by atoms with van der Waals surface area (Å²) < 4.78 is 0. The monoisotopic (exact) mass is 78.1 g/mol. The van der Waals surface area contributed by atoms with E-state index in [4.69, 9.17) is 0 Å². The van der Waals surface area contributed by atoms with Crippen molar-refractivity contribution in [3.8, 4) is 0 Å². The third-order valence-electron chi connectivity index (χ3n) is 1.09. The fourth-order valence-corrected chi connectivity index (χ4v) is 0.604. The second-order valence-corrected chi connectivity index (χ2v) is 1.84. The Kier molecular flexibility index (Phi) is 1.23. The van der Waals surface area contributed by atoms with Crippen LogP contribution in [0.4, 0.5) is 0 Å². The van der Waals surface area contributed by atoms with Crippen LogP contribution in [0.15, 0.2) is 0 Å². The van der Waals surface area contributed by atoms with E-state index >= 15 is 0 Å². The van der Waals surface area contributed by atoms with Gasteiger partial charge in [-0.2, -0.15) is 0 Å². The minimum atomic E-state index is 0.898. The summed E-state index contributed by atoms with van der Waals surface area (Å²) in [5.41, 5.74) is 0.898. The number of hydrogen-bond donors (Lipinski definition) is 0. The molecule has 1 heterocycles. The third-order valence-corrected chi connectivity index (χ3v) is 1.09. The van der Waals surface area contributed by atoms with Gasteiger partial charge in [-0.05, 0) is 0 Å². The maximum atomic E-state index is 2.25. The Labute approximate surface area is 40.0 Å². The molecule has 0 bridgehead atoms. The molecule has 0 aliphatic carbocycles. The normalized spacial score (nSPS) is 16.2. The van der Waals surface area contributed by atoms with Crippen LogP contribution in [0.5, 0.6) is 0 Å². The molecule has 1 aliphatic rings. The summed E-state index contributed by atoms with van der Waals surface area (Å²) in [5, 5.41) is 0. The zero-order valence-electron chi connectivity index (χ0n) is 4.15. The molecule has 0 fully saturated rings. The van der Waals surface area contributed by atoms with E-state index in [0.717, 1.165) is 5.72 Å². The zero-order chi connectivity index (χ0) is 4.41. The van der Waals surface area contributed by atoms with E-state index < -0.39 is 0 Å². The SMILES string of the molecule is CCCC1B=B1. The second-order valence-electron chi connectivity index (χ2n) is 1.84. The molecule has 0 amide bonds. The molecular formula is C4H8B2. The molecule has 6 heavy (non-hydrogen) atoms. The molecule has 0 aromatic carbocycles. The Morgan fingerprint density at radius 2 is 2.17 bits per heavy atom. The summed E-state index contributed by atoms with van der Waals surface area (Å²) in [5.74, 6) is 0. The summed E-state index contributed by atoms with van der Waals surface area (Å²) >= 11 is 0. The Balaban J connectivity index is 1.90. The average molecular weight is 77.7 g/mol. The van der Waals surface area contributed by atoms with Gasteiger partial charge in [-0.25, -0.2) is 0 Å². The number of hydrogen-bond acceptors (Lipinski definition) is 0. The van der Waals surface area contributed by atoms with Crippen molar-refractivity contribution < 1.29 is 0 Å². The Hall–Kier alpha value is 0.130. The van der Waals surface area contributed by atoms with Crippen LogP contribution >= 0.6 is 0 Å². The van der Waals surface area contributed by atoms with E-state index in [2.05, 4.69) is 20.5 Å². The Morgan fingerprint density at radius 3 is 2.33 bits per heavy atom. The van der Waals surface area contributed by atoms with Crippen LogP contribution in [0.2, 0.25) is 5.72 Å². The first-order valence-corrected chi connectivity index (χ1v) is 2.62. The molecule has 0 N–H and O–H groups in total. The predicted octanol–water partition coefficient (Wildman–Crippen LogP) is 0.869. The fourth-order valence-electron chi connectivity index (χ4n) is 0.604. The molecule has 0 saturated heterocycles. The van der Waals surface area contributed by atoms with Gasteiger partial charge in [-0.15, -0.1) is 0 Å². The second kappa shape index (κ2) is 1.72. The molecule has 30 valence electrons. The van der Waals surface area contributed by atoms with Gasteiger partial charge < -0.3 is 0 Å². The predicted molar refractivity (Wildman–Crippen MR) is 30.2 cm³/mol. The first-order valence-electron chi connectivity index (χ1n) is 2.62. The number of rotatable bonds is 2. The van der Waals surface area contributed by atoms with Crippen molar-refractivity contribution in [3.63, 3.8) is 0 Å². The topological polar surface area (TPSA) is 0 Å². The molecule has 2 heteroatoms. The molecule has 0 aromatic heterocycles. The molecular weight excluding hydrogens is 69.7 g/mol. The van der Waals surface area contributed by atoms with Crippen LogP contribution in [0.1, 0.15) is 19.8 Å². The molecule has 0 aromatic rings. The first kappa shape index (κ1) is 4.29. The van der Waals surface area contributed by atoms with E-state index in [1.807, 2.05) is 0 Å². The van der Waals surface area contributed by atoms with Gasteiger partial charge in [-0.1, -0.05) is 0 Å². The van der Waals surface area contributed by atoms with Gasteiger partial charge in [0.05, 0.1) is 0 Å². The van der Waals surface area contributed by atoms with Crippen molar-refractivity contribution in [1.82, 2.24) is 0 Å². The maximum absolute atomic E-state index is 2.25. The van der Waals surface area contributed by atoms with Crippen LogP contribution in [-0.4, -0.2) is 13.6 Å². The fraction of sp³-hybridized carbons (Fsp3) is 1.00. The van der Waals surface area contributed by atoms with Crippen LogP contribution < -0.4 is 0 Å². The molecule has 0 radical (unpaired) electrons. The van der Waals surface area contributed by atoms with E-state index in [0.29, 0.717) is 0 Å². The molecule has 1 rings (SSSR count). The van der Waals surface area contributed by atoms with E-state index in [-0.39, 0.29) is 0 Å². The van der Waals surface area contributed by atoms with Gasteiger partial charge in [0.1, 0.15) is 0 Å². The summed E-state index contributed by atoms with van der Waals surface area (Å²) in [7, 11) is 0. The molecule has 1 aliphatic heterocycles. The van der Waals surface area contributed by atoms with Gasteiger partial charge in [0.2, 0.25) is 0 Å². The van der Waals surface area contributed by atoms with Gasteiger partial charge in [0.25, 0.3) is 0 Å². The van der Waals surface area contributed by atoms with Crippen molar-refractivity contribution >= 4 is 13.6 Å².